The van der Waals surface area contributed by atoms with Crippen LogP contribution < -0.4 is 24.3 Å². The number of carbonyl (C=O) groups excluding carboxylic acids is 2. The van der Waals surface area contributed by atoms with E-state index in [2.05, 4.69) is 21.2 Å². The molecule has 1 N–H and O–H groups in total. The maximum absolute atomic E-state index is 12.0. The van der Waals surface area contributed by atoms with Gasteiger partial charge in [-0.05, 0) is 36.8 Å². The highest BCUT2D eigenvalue weighted by atomic mass is 79.9. The van der Waals surface area contributed by atoms with E-state index in [-0.39, 0.29) is 19.6 Å². The molecule has 0 atom stereocenters. The Morgan fingerprint density at radius 1 is 0.935 bits per heavy atom. The second-order valence-corrected chi connectivity index (χ2v) is 7.28. The van der Waals surface area contributed by atoms with Crippen LogP contribution in [-0.2, 0) is 20.9 Å². The molecule has 0 saturated carbocycles. The molecule has 0 aromatic heterocycles. The third kappa shape index (κ3) is 8.01. The van der Waals surface area contributed by atoms with Crippen LogP contribution in [0.1, 0.15) is 18.4 Å². The average Bonchev–Trinajstić information content (AvgIpc) is 2.79. The normalized spacial score (nSPS) is 10.2. The standard InChI is InChI=1S/C22H26BrNO7/c1-27-18-12-20(29-3)19(28-2)11-15(18)13-24-21(25)14-31-22(26)5-4-10-30-17-8-6-16(23)7-9-17/h6-9,11-12H,4-5,10,13-14H2,1-3H3,(H,24,25). The minimum Gasteiger partial charge on any atom is -0.496 e. The number of carbonyl (C=O) groups is 2. The fourth-order valence-electron chi connectivity index (χ4n) is 2.63. The quantitative estimate of drug-likeness (QED) is 0.355. The molecule has 2 rings (SSSR count). The highest BCUT2D eigenvalue weighted by molar-refractivity contribution is 9.10. The van der Waals surface area contributed by atoms with E-state index in [4.69, 9.17) is 23.7 Å². The van der Waals surface area contributed by atoms with Gasteiger partial charge in [-0.25, -0.2) is 0 Å². The Hall–Kier alpha value is -2.94. The van der Waals surface area contributed by atoms with E-state index in [1.807, 2.05) is 24.3 Å². The Labute approximate surface area is 189 Å². The molecule has 0 aliphatic carbocycles. The first kappa shape index (κ1) is 24.3. The Balaban J connectivity index is 1.70. The Bertz CT molecular complexity index is 871. The first-order valence-electron chi connectivity index (χ1n) is 9.56. The van der Waals surface area contributed by atoms with Gasteiger partial charge in [0.15, 0.2) is 18.1 Å². The zero-order chi connectivity index (χ0) is 22.6. The Morgan fingerprint density at radius 2 is 1.58 bits per heavy atom. The fraction of sp³-hybridized carbons (Fsp3) is 0.364. The van der Waals surface area contributed by atoms with Gasteiger partial charge in [0, 0.05) is 29.1 Å². The van der Waals surface area contributed by atoms with Gasteiger partial charge in [-0.15, -0.1) is 0 Å². The van der Waals surface area contributed by atoms with E-state index in [1.54, 1.807) is 12.1 Å². The molecule has 0 fully saturated rings. The largest absolute Gasteiger partial charge is 0.496 e. The van der Waals surface area contributed by atoms with Crippen molar-refractivity contribution < 1.29 is 33.3 Å². The number of amides is 1. The molecule has 2 aromatic carbocycles. The molecule has 0 aliphatic heterocycles. The van der Waals surface area contributed by atoms with Crippen molar-refractivity contribution in [2.45, 2.75) is 19.4 Å². The summed E-state index contributed by atoms with van der Waals surface area (Å²) in [5.74, 6) is 1.42. The van der Waals surface area contributed by atoms with Gasteiger partial charge in [-0.1, -0.05) is 15.9 Å². The zero-order valence-electron chi connectivity index (χ0n) is 17.7. The smallest absolute Gasteiger partial charge is 0.306 e. The van der Waals surface area contributed by atoms with Gasteiger partial charge in [0.25, 0.3) is 5.91 Å². The van der Waals surface area contributed by atoms with E-state index < -0.39 is 11.9 Å². The van der Waals surface area contributed by atoms with Crippen molar-refractivity contribution in [3.05, 3.63) is 46.4 Å². The summed E-state index contributed by atoms with van der Waals surface area (Å²) in [6.45, 7) is 0.199. The van der Waals surface area contributed by atoms with Gasteiger partial charge in [0.05, 0.1) is 27.9 Å². The molecule has 168 valence electrons. The molecular formula is C22H26BrNO7. The van der Waals surface area contributed by atoms with E-state index in [1.165, 1.54) is 21.3 Å². The minimum atomic E-state index is -0.460. The summed E-state index contributed by atoms with van der Waals surface area (Å²) in [4.78, 5) is 23.8. The average molecular weight is 496 g/mol. The van der Waals surface area contributed by atoms with Crippen LogP contribution in [0.5, 0.6) is 23.0 Å². The fourth-order valence-corrected chi connectivity index (χ4v) is 2.90. The highest BCUT2D eigenvalue weighted by Gasteiger charge is 2.13. The van der Waals surface area contributed by atoms with Crippen molar-refractivity contribution >= 4 is 27.8 Å². The van der Waals surface area contributed by atoms with Crippen molar-refractivity contribution in [1.82, 2.24) is 5.32 Å². The second kappa shape index (κ2) is 12.7. The van der Waals surface area contributed by atoms with Crippen molar-refractivity contribution in [1.29, 1.82) is 0 Å². The van der Waals surface area contributed by atoms with Gasteiger partial charge in [-0.3, -0.25) is 9.59 Å². The van der Waals surface area contributed by atoms with Crippen molar-refractivity contribution in [3.8, 4) is 23.0 Å². The molecule has 31 heavy (non-hydrogen) atoms. The van der Waals surface area contributed by atoms with Crippen molar-refractivity contribution in [2.24, 2.45) is 0 Å². The number of ether oxygens (including phenoxy) is 5. The molecule has 0 spiro atoms. The van der Waals surface area contributed by atoms with Gasteiger partial charge in [0.1, 0.15) is 11.5 Å². The monoisotopic (exact) mass is 495 g/mol. The summed E-state index contributed by atoms with van der Waals surface area (Å²) >= 11 is 3.35. The molecule has 1 amide bonds. The third-order valence-electron chi connectivity index (χ3n) is 4.23. The second-order valence-electron chi connectivity index (χ2n) is 6.36. The Morgan fingerprint density at radius 3 is 2.23 bits per heavy atom. The number of hydrogen-bond acceptors (Lipinski definition) is 7. The van der Waals surface area contributed by atoms with E-state index in [0.717, 1.165) is 10.2 Å². The highest BCUT2D eigenvalue weighted by Crippen LogP contribution is 2.34. The van der Waals surface area contributed by atoms with Crippen LogP contribution in [0.4, 0.5) is 0 Å². The van der Waals surface area contributed by atoms with Gasteiger partial charge in [0.2, 0.25) is 0 Å². The predicted molar refractivity (Wildman–Crippen MR) is 118 cm³/mol. The van der Waals surface area contributed by atoms with E-state index >= 15 is 0 Å². The maximum atomic E-state index is 12.0. The van der Waals surface area contributed by atoms with Crippen molar-refractivity contribution in [2.75, 3.05) is 34.5 Å². The number of nitrogens with one attached hydrogen (secondary N) is 1. The van der Waals surface area contributed by atoms with Gasteiger partial charge >= 0.3 is 5.97 Å². The lowest BCUT2D eigenvalue weighted by Crippen LogP contribution is -2.28. The molecule has 0 heterocycles. The molecule has 0 saturated heterocycles. The molecule has 0 aliphatic rings. The van der Waals surface area contributed by atoms with Crippen LogP contribution in [0.25, 0.3) is 0 Å². The van der Waals surface area contributed by atoms with Crippen LogP contribution >= 0.6 is 15.9 Å². The number of benzene rings is 2. The van der Waals surface area contributed by atoms with Gasteiger partial charge < -0.3 is 29.0 Å². The molecular weight excluding hydrogens is 470 g/mol. The number of halogens is 1. The van der Waals surface area contributed by atoms with Crippen LogP contribution in [0, 0.1) is 0 Å². The molecule has 2 aromatic rings. The summed E-state index contributed by atoms with van der Waals surface area (Å²) in [7, 11) is 4.57. The number of rotatable bonds is 12. The maximum Gasteiger partial charge on any atom is 0.306 e. The van der Waals surface area contributed by atoms with E-state index in [9.17, 15) is 9.59 Å². The van der Waals surface area contributed by atoms with Crippen molar-refractivity contribution in [3.63, 3.8) is 0 Å². The summed E-state index contributed by atoms with van der Waals surface area (Å²) in [5.41, 5.74) is 0.699. The molecule has 8 nitrogen and oxygen atoms in total. The molecule has 0 radical (unpaired) electrons. The molecule has 0 unspecified atom stereocenters. The summed E-state index contributed by atoms with van der Waals surface area (Å²) in [5, 5.41) is 2.69. The lowest BCUT2D eigenvalue weighted by molar-refractivity contribution is -0.148. The van der Waals surface area contributed by atoms with Gasteiger partial charge in [-0.2, -0.15) is 0 Å². The van der Waals surface area contributed by atoms with E-state index in [0.29, 0.717) is 35.8 Å². The summed E-state index contributed by atoms with van der Waals surface area (Å²) < 4.78 is 27.3. The minimum absolute atomic E-state index is 0.160. The predicted octanol–water partition coefficient (Wildman–Crippen LogP) is 3.49. The SMILES string of the molecule is COc1cc(OC)c(OC)cc1CNC(=O)COC(=O)CCCOc1ccc(Br)cc1. The first-order chi connectivity index (χ1) is 15.0. The number of hydrogen-bond donors (Lipinski definition) is 1. The summed E-state index contributed by atoms with van der Waals surface area (Å²) in [6, 6.07) is 10.8. The lowest BCUT2D eigenvalue weighted by atomic mass is 10.1. The molecule has 9 heteroatoms. The summed E-state index contributed by atoms with van der Waals surface area (Å²) in [6.07, 6.45) is 0.646. The van der Waals surface area contributed by atoms with Crippen LogP contribution in [0.15, 0.2) is 40.9 Å². The number of esters is 1. The number of methoxy groups -OCH3 is 3. The third-order valence-corrected chi connectivity index (χ3v) is 4.76. The van der Waals surface area contributed by atoms with Crippen LogP contribution in [-0.4, -0.2) is 46.4 Å². The van der Waals surface area contributed by atoms with Crippen LogP contribution in [0.3, 0.4) is 0 Å². The Kier molecular flexibility index (Phi) is 9.96. The van der Waals surface area contributed by atoms with Crippen LogP contribution in [0.2, 0.25) is 0 Å². The topological polar surface area (TPSA) is 92.3 Å². The zero-order valence-corrected chi connectivity index (χ0v) is 19.3. The first-order valence-corrected chi connectivity index (χ1v) is 10.4. The lowest BCUT2D eigenvalue weighted by Gasteiger charge is -2.14. The molecule has 0 bridgehead atoms.